The van der Waals surface area contributed by atoms with Crippen molar-refractivity contribution in [3.63, 3.8) is 0 Å². The van der Waals surface area contributed by atoms with Gasteiger partial charge in [-0.05, 0) is 18.2 Å². The van der Waals surface area contributed by atoms with Crippen LogP contribution in [0.5, 0.6) is 0 Å². The second kappa shape index (κ2) is 7.25. The number of hydrogen-bond donors (Lipinski definition) is 1. The Kier molecular flexibility index (Phi) is 5.12. The number of nitrogens with one attached hydrogen (secondary N) is 1. The van der Waals surface area contributed by atoms with Crippen molar-refractivity contribution in [2.45, 2.75) is 0 Å². The number of hydrogen-bond acceptors (Lipinski definition) is 3. The predicted molar refractivity (Wildman–Crippen MR) is 83.8 cm³/mol. The monoisotopic (exact) mass is 314 g/mol. The zero-order chi connectivity index (χ0) is 15.9. The number of nitro groups is 1. The Bertz CT molecular complexity index is 778. The highest BCUT2D eigenvalue weighted by molar-refractivity contribution is 6.31. The van der Waals surface area contributed by atoms with Gasteiger partial charge < -0.3 is 5.32 Å². The van der Waals surface area contributed by atoms with Crippen LogP contribution in [0, 0.1) is 22.0 Å². The standard InChI is InChI=1S/C16H11ClN2O3/c17-14-9-3-1-6-12(14)7-5-11-18-16(20)13-8-2-4-10-15(13)19(21)22/h1-4,6,8-10H,11H2,(H,18,20). The molecule has 0 spiro atoms. The average molecular weight is 315 g/mol. The normalized spacial score (nSPS) is 9.50. The van der Waals surface area contributed by atoms with E-state index in [0.717, 1.165) is 0 Å². The molecular weight excluding hydrogens is 304 g/mol. The van der Waals surface area contributed by atoms with Crippen LogP contribution in [-0.4, -0.2) is 17.4 Å². The fourth-order valence-electron chi connectivity index (χ4n) is 1.75. The number of nitrogens with zero attached hydrogens (tertiary/aromatic N) is 1. The second-order valence-electron chi connectivity index (χ2n) is 4.24. The van der Waals surface area contributed by atoms with Crippen LogP contribution in [0.3, 0.4) is 0 Å². The third kappa shape index (κ3) is 3.84. The Morgan fingerprint density at radius 3 is 2.59 bits per heavy atom. The summed E-state index contributed by atoms with van der Waals surface area (Å²) in [6.07, 6.45) is 0. The van der Waals surface area contributed by atoms with Crippen LogP contribution in [-0.2, 0) is 0 Å². The van der Waals surface area contributed by atoms with E-state index in [1.165, 1.54) is 18.2 Å². The molecule has 0 unspecified atom stereocenters. The number of carbonyl (C=O) groups is 1. The number of halogens is 1. The number of carbonyl (C=O) groups excluding carboxylic acids is 1. The van der Waals surface area contributed by atoms with Gasteiger partial charge in [0.15, 0.2) is 0 Å². The van der Waals surface area contributed by atoms with E-state index < -0.39 is 10.8 Å². The van der Waals surface area contributed by atoms with Crippen LogP contribution < -0.4 is 5.32 Å². The Morgan fingerprint density at radius 2 is 1.86 bits per heavy atom. The lowest BCUT2D eigenvalue weighted by Crippen LogP contribution is -2.24. The highest BCUT2D eigenvalue weighted by atomic mass is 35.5. The van der Waals surface area contributed by atoms with Gasteiger partial charge in [0.2, 0.25) is 0 Å². The van der Waals surface area contributed by atoms with Crippen molar-refractivity contribution in [3.8, 4) is 11.8 Å². The first kappa shape index (κ1) is 15.5. The smallest absolute Gasteiger partial charge is 0.282 e. The van der Waals surface area contributed by atoms with Crippen molar-refractivity contribution in [3.05, 3.63) is 74.8 Å². The van der Waals surface area contributed by atoms with Gasteiger partial charge in [-0.25, -0.2) is 0 Å². The van der Waals surface area contributed by atoms with E-state index in [9.17, 15) is 14.9 Å². The molecule has 0 aromatic heterocycles. The van der Waals surface area contributed by atoms with Crippen LogP contribution >= 0.6 is 11.6 Å². The van der Waals surface area contributed by atoms with Crippen LogP contribution in [0.4, 0.5) is 5.69 Å². The molecule has 0 heterocycles. The van der Waals surface area contributed by atoms with E-state index in [0.29, 0.717) is 10.6 Å². The molecule has 1 N–H and O–H groups in total. The molecule has 0 aliphatic heterocycles. The maximum atomic E-state index is 11.9. The Labute approximate surface area is 132 Å². The van der Waals surface area contributed by atoms with Gasteiger partial charge >= 0.3 is 0 Å². The molecule has 22 heavy (non-hydrogen) atoms. The summed E-state index contributed by atoms with van der Waals surface area (Å²) < 4.78 is 0. The van der Waals surface area contributed by atoms with Gasteiger partial charge in [0.25, 0.3) is 11.6 Å². The van der Waals surface area contributed by atoms with Gasteiger partial charge in [0.1, 0.15) is 5.56 Å². The van der Waals surface area contributed by atoms with Crippen molar-refractivity contribution in [1.29, 1.82) is 0 Å². The topological polar surface area (TPSA) is 72.2 Å². The van der Waals surface area contributed by atoms with Crippen molar-refractivity contribution in [1.82, 2.24) is 5.32 Å². The largest absolute Gasteiger partial charge is 0.341 e. The maximum Gasteiger partial charge on any atom is 0.282 e. The minimum atomic E-state index is -0.593. The summed E-state index contributed by atoms with van der Waals surface area (Å²) in [5.74, 6) is 5.04. The molecule has 0 radical (unpaired) electrons. The molecule has 2 rings (SSSR count). The fourth-order valence-corrected chi connectivity index (χ4v) is 1.93. The molecule has 5 nitrogen and oxygen atoms in total. The molecule has 0 saturated carbocycles. The van der Waals surface area contributed by atoms with Gasteiger partial charge in [-0.15, -0.1) is 0 Å². The van der Waals surface area contributed by atoms with Gasteiger partial charge in [-0.2, -0.15) is 0 Å². The van der Waals surface area contributed by atoms with E-state index in [-0.39, 0.29) is 17.8 Å². The molecule has 0 atom stereocenters. The quantitative estimate of drug-likeness (QED) is 0.537. The lowest BCUT2D eigenvalue weighted by atomic mass is 10.1. The predicted octanol–water partition coefficient (Wildman–Crippen LogP) is 3.03. The Hall–Kier alpha value is -2.84. The highest BCUT2D eigenvalue weighted by Crippen LogP contribution is 2.17. The van der Waals surface area contributed by atoms with Crippen molar-refractivity contribution in [2.75, 3.05) is 6.54 Å². The van der Waals surface area contributed by atoms with Crippen LogP contribution in [0.25, 0.3) is 0 Å². The summed E-state index contributed by atoms with van der Waals surface area (Å²) in [6.45, 7) is 0.0656. The van der Waals surface area contributed by atoms with Gasteiger partial charge in [0.05, 0.1) is 16.5 Å². The lowest BCUT2D eigenvalue weighted by Gasteiger charge is -2.02. The molecule has 1 amide bonds. The first-order valence-electron chi connectivity index (χ1n) is 6.34. The molecule has 0 aliphatic carbocycles. The van der Waals surface area contributed by atoms with E-state index in [1.54, 1.807) is 24.3 Å². The van der Waals surface area contributed by atoms with Gasteiger partial charge in [0, 0.05) is 11.6 Å². The number of benzene rings is 2. The van der Waals surface area contributed by atoms with Crippen LogP contribution in [0.1, 0.15) is 15.9 Å². The minimum absolute atomic E-state index is 0.00652. The average Bonchev–Trinajstić information content (AvgIpc) is 2.52. The van der Waals surface area contributed by atoms with E-state index in [4.69, 9.17) is 11.6 Å². The molecule has 0 saturated heterocycles. The maximum absolute atomic E-state index is 11.9. The van der Waals surface area contributed by atoms with Crippen LogP contribution in [0.2, 0.25) is 5.02 Å². The minimum Gasteiger partial charge on any atom is -0.341 e. The highest BCUT2D eigenvalue weighted by Gasteiger charge is 2.18. The second-order valence-corrected chi connectivity index (χ2v) is 4.65. The molecule has 0 aliphatic rings. The molecule has 2 aromatic carbocycles. The summed E-state index contributed by atoms with van der Waals surface area (Å²) in [5.41, 5.74) is 0.426. The van der Waals surface area contributed by atoms with Gasteiger partial charge in [-0.3, -0.25) is 14.9 Å². The summed E-state index contributed by atoms with van der Waals surface area (Å²) >= 11 is 5.95. The molecule has 0 bridgehead atoms. The number of para-hydroxylation sites is 1. The zero-order valence-electron chi connectivity index (χ0n) is 11.4. The first-order chi connectivity index (χ1) is 10.6. The van der Waals surface area contributed by atoms with E-state index in [1.807, 2.05) is 6.07 Å². The summed E-state index contributed by atoms with van der Waals surface area (Å²) in [5, 5.41) is 13.9. The molecule has 2 aromatic rings. The number of rotatable bonds is 3. The summed E-state index contributed by atoms with van der Waals surface area (Å²) in [4.78, 5) is 22.2. The fraction of sp³-hybridized carbons (Fsp3) is 0.0625. The first-order valence-corrected chi connectivity index (χ1v) is 6.72. The zero-order valence-corrected chi connectivity index (χ0v) is 12.1. The molecule has 110 valence electrons. The number of amides is 1. The molecular formula is C16H11ClN2O3. The summed E-state index contributed by atoms with van der Waals surface area (Å²) in [6, 6.07) is 12.8. The van der Waals surface area contributed by atoms with Crippen molar-refractivity contribution in [2.24, 2.45) is 0 Å². The molecule has 6 heteroatoms. The van der Waals surface area contributed by atoms with E-state index in [2.05, 4.69) is 17.2 Å². The Morgan fingerprint density at radius 1 is 1.18 bits per heavy atom. The molecule has 0 fully saturated rings. The van der Waals surface area contributed by atoms with Crippen molar-refractivity contribution < 1.29 is 9.72 Å². The van der Waals surface area contributed by atoms with Crippen LogP contribution in [0.15, 0.2) is 48.5 Å². The number of nitro benzene ring substituents is 1. The third-order valence-electron chi connectivity index (χ3n) is 2.78. The Balaban J connectivity index is 2.03. The van der Waals surface area contributed by atoms with Crippen molar-refractivity contribution >= 4 is 23.2 Å². The summed E-state index contributed by atoms with van der Waals surface area (Å²) in [7, 11) is 0. The van der Waals surface area contributed by atoms with E-state index >= 15 is 0 Å². The SMILES string of the molecule is O=C(NCC#Cc1ccccc1Cl)c1ccccc1[N+](=O)[O-]. The van der Waals surface area contributed by atoms with Gasteiger partial charge in [-0.1, -0.05) is 47.7 Å². The third-order valence-corrected chi connectivity index (χ3v) is 3.11. The lowest BCUT2D eigenvalue weighted by molar-refractivity contribution is -0.385.